The summed E-state index contributed by atoms with van der Waals surface area (Å²) in [5.74, 6) is 0.0617. The number of nitrogens with zero attached hydrogens (tertiary/aromatic N) is 2. The van der Waals surface area contributed by atoms with E-state index < -0.39 is 0 Å². The first-order valence-electron chi connectivity index (χ1n) is 6.00. The molecule has 17 heavy (non-hydrogen) atoms. The first-order valence-corrected chi connectivity index (χ1v) is 6.00. The van der Waals surface area contributed by atoms with Crippen molar-refractivity contribution in [3.05, 3.63) is 35.4 Å². The van der Waals surface area contributed by atoms with E-state index in [-0.39, 0.29) is 12.5 Å². The predicted molar refractivity (Wildman–Crippen MR) is 68.1 cm³/mol. The van der Waals surface area contributed by atoms with Crippen LogP contribution >= 0.6 is 0 Å². The molecular formula is C14H20N2O. The average molecular weight is 232 g/mol. The molecule has 0 aliphatic rings. The molecule has 1 aromatic carbocycles. The van der Waals surface area contributed by atoms with Crippen molar-refractivity contribution in [1.82, 2.24) is 4.90 Å². The molecule has 1 N–H and O–H groups in total. The second-order valence-electron chi connectivity index (χ2n) is 4.33. The number of hydrogen-bond donors (Lipinski definition) is 1. The Morgan fingerprint density at radius 2 is 1.88 bits per heavy atom. The highest BCUT2D eigenvalue weighted by Gasteiger charge is 2.08. The van der Waals surface area contributed by atoms with Crippen LogP contribution in [0.2, 0.25) is 0 Å². The lowest BCUT2D eigenvalue weighted by molar-refractivity contribution is 0.260. The van der Waals surface area contributed by atoms with Gasteiger partial charge in [0.25, 0.3) is 0 Å². The Morgan fingerprint density at radius 1 is 1.29 bits per heavy atom. The molecule has 0 saturated heterocycles. The summed E-state index contributed by atoms with van der Waals surface area (Å²) in [7, 11) is 0. The molecule has 0 heterocycles. The smallest absolute Gasteiger partial charge is 0.0681 e. The molecule has 3 heteroatoms. The summed E-state index contributed by atoms with van der Waals surface area (Å²) in [5, 5.41) is 17.8. The van der Waals surface area contributed by atoms with Crippen LogP contribution in [0.3, 0.4) is 0 Å². The maximum absolute atomic E-state index is 8.96. The lowest BCUT2D eigenvalue weighted by atomic mass is 10.1. The second-order valence-corrected chi connectivity index (χ2v) is 4.33. The van der Waals surface area contributed by atoms with Gasteiger partial charge in [0.1, 0.15) is 0 Å². The summed E-state index contributed by atoms with van der Waals surface area (Å²) < 4.78 is 0. The molecule has 0 spiro atoms. The van der Waals surface area contributed by atoms with Gasteiger partial charge in [-0.15, -0.1) is 0 Å². The first kappa shape index (κ1) is 13.7. The molecule has 0 radical (unpaired) electrons. The van der Waals surface area contributed by atoms with Crippen LogP contribution in [0.5, 0.6) is 0 Å². The van der Waals surface area contributed by atoms with Crippen molar-refractivity contribution >= 4 is 0 Å². The summed E-state index contributed by atoms with van der Waals surface area (Å²) in [5.41, 5.74) is 2.15. The molecule has 0 fully saturated rings. The molecule has 1 unspecified atom stereocenters. The van der Waals surface area contributed by atoms with E-state index in [0.717, 1.165) is 25.2 Å². The molecule has 1 rings (SSSR count). The normalized spacial score (nSPS) is 12.4. The maximum atomic E-state index is 8.96. The van der Waals surface area contributed by atoms with E-state index >= 15 is 0 Å². The molecule has 0 amide bonds. The summed E-state index contributed by atoms with van der Waals surface area (Å²) in [6.45, 7) is 6.73. The minimum atomic E-state index is 0.0617. The first-order chi connectivity index (χ1) is 8.19. The van der Waals surface area contributed by atoms with Gasteiger partial charge in [-0.1, -0.05) is 31.2 Å². The Bertz CT molecular complexity index is 367. The SMILES string of the molecule is CCN(Cc1ccc(CO)cc1)CC(C)C#N. The van der Waals surface area contributed by atoms with Gasteiger partial charge >= 0.3 is 0 Å². The molecule has 1 aromatic rings. The molecule has 3 nitrogen and oxygen atoms in total. The van der Waals surface area contributed by atoms with Crippen molar-refractivity contribution in [3.8, 4) is 6.07 Å². The van der Waals surface area contributed by atoms with Gasteiger partial charge in [-0.25, -0.2) is 0 Å². The minimum absolute atomic E-state index is 0.0617. The van der Waals surface area contributed by atoms with E-state index in [9.17, 15) is 0 Å². The highest BCUT2D eigenvalue weighted by atomic mass is 16.3. The standard InChI is InChI=1S/C14H20N2O/c1-3-16(9-12(2)8-15)10-13-4-6-14(11-17)7-5-13/h4-7,12,17H,3,9-11H2,1-2H3. The van der Waals surface area contributed by atoms with Crippen LogP contribution in [0.4, 0.5) is 0 Å². The zero-order chi connectivity index (χ0) is 12.7. The van der Waals surface area contributed by atoms with E-state index in [1.807, 2.05) is 31.2 Å². The van der Waals surface area contributed by atoms with Crippen molar-refractivity contribution in [3.63, 3.8) is 0 Å². The monoisotopic (exact) mass is 232 g/mol. The molecule has 0 bridgehead atoms. The van der Waals surface area contributed by atoms with Gasteiger partial charge in [-0.2, -0.15) is 5.26 Å². The fourth-order valence-electron chi connectivity index (χ4n) is 1.74. The molecular weight excluding hydrogens is 212 g/mol. The van der Waals surface area contributed by atoms with Crippen LogP contribution in [0, 0.1) is 17.2 Å². The van der Waals surface area contributed by atoms with Crippen molar-refractivity contribution in [2.75, 3.05) is 13.1 Å². The van der Waals surface area contributed by atoms with E-state index in [1.165, 1.54) is 5.56 Å². The Labute approximate surface area is 103 Å². The number of hydrogen-bond acceptors (Lipinski definition) is 3. The van der Waals surface area contributed by atoms with Crippen LogP contribution in [0.25, 0.3) is 0 Å². The van der Waals surface area contributed by atoms with Gasteiger partial charge in [0.2, 0.25) is 0 Å². The van der Waals surface area contributed by atoms with Gasteiger partial charge in [0.15, 0.2) is 0 Å². The van der Waals surface area contributed by atoms with E-state index in [1.54, 1.807) is 0 Å². The summed E-state index contributed by atoms with van der Waals surface area (Å²) in [4.78, 5) is 2.25. The molecule has 0 aliphatic heterocycles. The highest BCUT2D eigenvalue weighted by molar-refractivity contribution is 5.21. The largest absolute Gasteiger partial charge is 0.392 e. The van der Waals surface area contributed by atoms with Crippen LogP contribution in [-0.2, 0) is 13.2 Å². The van der Waals surface area contributed by atoms with Gasteiger partial charge in [-0.3, -0.25) is 4.90 Å². The lowest BCUT2D eigenvalue weighted by Crippen LogP contribution is -2.27. The van der Waals surface area contributed by atoms with E-state index in [4.69, 9.17) is 10.4 Å². The van der Waals surface area contributed by atoms with Crippen LogP contribution in [-0.4, -0.2) is 23.1 Å². The highest BCUT2D eigenvalue weighted by Crippen LogP contribution is 2.09. The summed E-state index contributed by atoms with van der Waals surface area (Å²) in [6.07, 6.45) is 0. The molecule has 0 saturated carbocycles. The van der Waals surface area contributed by atoms with Crippen LogP contribution in [0.15, 0.2) is 24.3 Å². The molecule has 0 aliphatic carbocycles. The van der Waals surface area contributed by atoms with E-state index in [0.29, 0.717) is 0 Å². The third-order valence-electron chi connectivity index (χ3n) is 2.81. The zero-order valence-electron chi connectivity index (χ0n) is 10.6. The van der Waals surface area contributed by atoms with Crippen LogP contribution < -0.4 is 0 Å². The summed E-state index contributed by atoms with van der Waals surface area (Å²) >= 11 is 0. The van der Waals surface area contributed by atoms with Crippen LogP contribution in [0.1, 0.15) is 25.0 Å². The fraction of sp³-hybridized carbons (Fsp3) is 0.500. The van der Waals surface area contributed by atoms with Gasteiger partial charge in [-0.05, 0) is 24.6 Å². The second kappa shape index (κ2) is 7.05. The number of rotatable bonds is 6. The van der Waals surface area contributed by atoms with Crippen molar-refractivity contribution in [2.24, 2.45) is 5.92 Å². The Balaban J connectivity index is 2.58. The van der Waals surface area contributed by atoms with Crippen molar-refractivity contribution < 1.29 is 5.11 Å². The fourth-order valence-corrected chi connectivity index (χ4v) is 1.74. The molecule has 0 aromatic heterocycles. The Kier molecular flexibility index (Phi) is 5.68. The predicted octanol–water partition coefficient (Wildman–Crippen LogP) is 2.16. The van der Waals surface area contributed by atoms with Gasteiger partial charge < -0.3 is 5.11 Å². The van der Waals surface area contributed by atoms with Gasteiger partial charge in [0, 0.05) is 13.1 Å². The topological polar surface area (TPSA) is 47.3 Å². The number of aliphatic hydroxyl groups excluding tert-OH is 1. The lowest BCUT2D eigenvalue weighted by Gasteiger charge is -2.21. The third kappa shape index (κ3) is 4.56. The zero-order valence-corrected chi connectivity index (χ0v) is 10.6. The average Bonchev–Trinajstić information content (AvgIpc) is 2.38. The van der Waals surface area contributed by atoms with Crippen molar-refractivity contribution in [2.45, 2.75) is 27.0 Å². The van der Waals surface area contributed by atoms with Crippen molar-refractivity contribution in [1.29, 1.82) is 5.26 Å². The van der Waals surface area contributed by atoms with E-state index in [2.05, 4.69) is 17.9 Å². The number of aliphatic hydroxyl groups is 1. The van der Waals surface area contributed by atoms with Gasteiger partial charge in [0.05, 0.1) is 18.6 Å². The Morgan fingerprint density at radius 3 is 2.35 bits per heavy atom. The molecule has 92 valence electrons. The number of nitriles is 1. The third-order valence-corrected chi connectivity index (χ3v) is 2.81. The molecule has 1 atom stereocenters. The number of benzene rings is 1. The quantitative estimate of drug-likeness (QED) is 0.817. The maximum Gasteiger partial charge on any atom is 0.0681 e. The summed E-state index contributed by atoms with van der Waals surface area (Å²) in [6, 6.07) is 10.2. The minimum Gasteiger partial charge on any atom is -0.392 e. The Hall–Kier alpha value is -1.37.